The lowest BCUT2D eigenvalue weighted by Crippen LogP contribution is -2.42. The number of nitrogens with zero attached hydrogens (tertiary/aromatic N) is 1. The molecule has 2 fully saturated rings. The van der Waals surface area contributed by atoms with Gasteiger partial charge in [-0.05, 0) is 24.5 Å². The quantitative estimate of drug-likeness (QED) is 0.911. The zero-order valence-electron chi connectivity index (χ0n) is 12.2. The average molecular weight is 309 g/mol. The minimum absolute atomic E-state index is 0.403. The predicted octanol–water partition coefficient (Wildman–Crippen LogP) is 2.79. The summed E-state index contributed by atoms with van der Waals surface area (Å²) in [6.07, 6.45) is 4.31. The van der Waals surface area contributed by atoms with E-state index >= 15 is 0 Å². The van der Waals surface area contributed by atoms with E-state index < -0.39 is 5.79 Å². The number of nitrogens with one attached hydrogen (secondary N) is 1. The van der Waals surface area contributed by atoms with E-state index in [-0.39, 0.29) is 0 Å². The van der Waals surface area contributed by atoms with Crippen LogP contribution in [0.1, 0.15) is 31.2 Å². The van der Waals surface area contributed by atoms with Crippen molar-refractivity contribution in [2.24, 2.45) is 0 Å². The average Bonchev–Trinajstić information content (AvgIpc) is 3.07. The Kier molecular flexibility index (Phi) is 3.48. The molecule has 0 radical (unpaired) electrons. The zero-order valence-corrected chi connectivity index (χ0v) is 12.9. The van der Waals surface area contributed by atoms with Crippen molar-refractivity contribution in [1.29, 1.82) is 0 Å². The van der Waals surface area contributed by atoms with E-state index in [1.54, 1.807) is 0 Å². The fourth-order valence-electron chi connectivity index (χ4n) is 3.51. The van der Waals surface area contributed by atoms with E-state index in [2.05, 4.69) is 16.3 Å². The Morgan fingerprint density at radius 3 is 2.48 bits per heavy atom. The smallest absolute Gasteiger partial charge is 0.251 e. The van der Waals surface area contributed by atoms with Gasteiger partial charge in [0, 0.05) is 56.7 Å². The summed E-state index contributed by atoms with van der Waals surface area (Å²) < 4.78 is 12.2. The van der Waals surface area contributed by atoms with E-state index in [9.17, 15) is 0 Å². The molecule has 2 aliphatic heterocycles. The van der Waals surface area contributed by atoms with Crippen molar-refractivity contribution < 1.29 is 9.47 Å². The molecule has 0 amide bonds. The van der Waals surface area contributed by atoms with Crippen LogP contribution in [-0.4, -0.2) is 36.9 Å². The van der Waals surface area contributed by atoms with E-state index in [0.717, 1.165) is 67.7 Å². The maximum absolute atomic E-state index is 6.44. The third-order valence-electron chi connectivity index (χ3n) is 4.67. The third kappa shape index (κ3) is 2.60. The van der Waals surface area contributed by atoms with Crippen molar-refractivity contribution >= 4 is 11.6 Å². The molecule has 0 unspecified atom stereocenters. The SMILES string of the molecule is Clc1cc2c(cc1CN1CCNCC1)OC1(CCCC1)O2. The zero-order chi connectivity index (χ0) is 14.3. The first kappa shape index (κ1) is 13.7. The van der Waals surface area contributed by atoms with Crippen LogP contribution >= 0.6 is 11.6 Å². The number of piperazine rings is 1. The van der Waals surface area contributed by atoms with E-state index in [1.807, 2.05) is 6.07 Å². The van der Waals surface area contributed by atoms with Crippen LogP contribution in [0.5, 0.6) is 11.5 Å². The molecule has 1 aromatic rings. The van der Waals surface area contributed by atoms with Crippen LogP contribution in [0, 0.1) is 0 Å². The van der Waals surface area contributed by atoms with Gasteiger partial charge >= 0.3 is 0 Å². The summed E-state index contributed by atoms with van der Waals surface area (Å²) >= 11 is 6.44. The number of halogens is 1. The van der Waals surface area contributed by atoms with Gasteiger partial charge in [0.25, 0.3) is 5.79 Å². The number of rotatable bonds is 2. The largest absolute Gasteiger partial charge is 0.448 e. The van der Waals surface area contributed by atoms with Crippen molar-refractivity contribution in [3.05, 3.63) is 22.7 Å². The molecule has 1 spiro atoms. The van der Waals surface area contributed by atoms with Crippen LogP contribution < -0.4 is 14.8 Å². The molecule has 0 atom stereocenters. The number of fused-ring (bicyclic) bond motifs is 1. The fraction of sp³-hybridized carbons (Fsp3) is 0.625. The molecule has 5 heteroatoms. The van der Waals surface area contributed by atoms with Gasteiger partial charge in [0.1, 0.15) is 0 Å². The maximum Gasteiger partial charge on any atom is 0.251 e. The Labute approximate surface area is 130 Å². The molecule has 21 heavy (non-hydrogen) atoms. The van der Waals surface area contributed by atoms with Crippen molar-refractivity contribution in [3.8, 4) is 11.5 Å². The van der Waals surface area contributed by atoms with Crippen molar-refractivity contribution in [2.45, 2.75) is 38.0 Å². The van der Waals surface area contributed by atoms with Crippen molar-refractivity contribution in [1.82, 2.24) is 10.2 Å². The van der Waals surface area contributed by atoms with Crippen molar-refractivity contribution in [2.75, 3.05) is 26.2 Å². The Hall–Kier alpha value is -0.970. The highest BCUT2D eigenvalue weighted by Gasteiger charge is 2.44. The second-order valence-electron chi connectivity index (χ2n) is 6.24. The summed E-state index contributed by atoms with van der Waals surface area (Å²) in [5.74, 6) is 1.27. The molecule has 4 rings (SSSR count). The highest BCUT2D eigenvalue weighted by Crippen LogP contribution is 2.48. The lowest BCUT2D eigenvalue weighted by Gasteiger charge is -2.27. The predicted molar refractivity (Wildman–Crippen MR) is 82.1 cm³/mol. The van der Waals surface area contributed by atoms with Gasteiger partial charge in [-0.15, -0.1) is 0 Å². The molecular weight excluding hydrogens is 288 g/mol. The van der Waals surface area contributed by atoms with Crippen LogP contribution in [0.25, 0.3) is 0 Å². The number of hydrogen-bond acceptors (Lipinski definition) is 4. The number of hydrogen-bond donors (Lipinski definition) is 1. The monoisotopic (exact) mass is 308 g/mol. The molecule has 0 aromatic heterocycles. The Balaban J connectivity index is 1.54. The standard InChI is InChI=1S/C16H21ClN2O2/c17-13-10-15-14(20-16(21-15)3-1-2-4-16)9-12(13)11-19-7-5-18-6-8-19/h9-10,18H,1-8,11H2. The third-order valence-corrected chi connectivity index (χ3v) is 5.03. The van der Waals surface area contributed by atoms with Gasteiger partial charge in [-0.1, -0.05) is 11.6 Å². The normalized spacial score (nSPS) is 23.9. The number of ether oxygens (including phenoxy) is 2. The lowest BCUT2D eigenvalue weighted by molar-refractivity contribution is -0.0716. The Bertz CT molecular complexity index is 537. The second-order valence-corrected chi connectivity index (χ2v) is 6.65. The molecule has 2 heterocycles. The second kappa shape index (κ2) is 5.34. The highest BCUT2D eigenvalue weighted by atomic mass is 35.5. The Morgan fingerprint density at radius 2 is 1.76 bits per heavy atom. The summed E-state index contributed by atoms with van der Waals surface area (Å²) in [6, 6.07) is 4.01. The van der Waals surface area contributed by atoms with Gasteiger partial charge in [-0.3, -0.25) is 4.90 Å². The van der Waals surface area contributed by atoms with Crippen LogP contribution in [0.2, 0.25) is 5.02 Å². The van der Waals surface area contributed by atoms with Gasteiger partial charge in [-0.2, -0.15) is 0 Å². The molecule has 1 N–H and O–H groups in total. The highest BCUT2D eigenvalue weighted by molar-refractivity contribution is 6.31. The molecule has 1 saturated carbocycles. The molecule has 4 nitrogen and oxygen atoms in total. The van der Waals surface area contributed by atoms with Gasteiger partial charge in [0.2, 0.25) is 0 Å². The van der Waals surface area contributed by atoms with E-state index in [0.29, 0.717) is 0 Å². The maximum atomic E-state index is 6.44. The fourth-order valence-corrected chi connectivity index (χ4v) is 3.72. The molecule has 1 aliphatic carbocycles. The van der Waals surface area contributed by atoms with E-state index in [4.69, 9.17) is 21.1 Å². The van der Waals surface area contributed by atoms with E-state index in [1.165, 1.54) is 12.8 Å². The molecule has 114 valence electrons. The van der Waals surface area contributed by atoms with Crippen LogP contribution in [0.3, 0.4) is 0 Å². The number of benzene rings is 1. The minimum atomic E-state index is -0.403. The molecule has 3 aliphatic rings. The summed E-state index contributed by atoms with van der Waals surface area (Å²) in [5.41, 5.74) is 1.14. The van der Waals surface area contributed by atoms with Crippen molar-refractivity contribution in [3.63, 3.8) is 0 Å². The first-order valence-corrected chi connectivity index (χ1v) is 8.25. The molecule has 0 bridgehead atoms. The topological polar surface area (TPSA) is 33.7 Å². The lowest BCUT2D eigenvalue weighted by atomic mass is 10.1. The summed E-state index contributed by atoms with van der Waals surface area (Å²) in [7, 11) is 0. The first-order chi connectivity index (χ1) is 10.2. The minimum Gasteiger partial charge on any atom is -0.448 e. The first-order valence-electron chi connectivity index (χ1n) is 7.88. The molecule has 1 saturated heterocycles. The van der Waals surface area contributed by atoms with Gasteiger partial charge in [0.05, 0.1) is 0 Å². The summed E-state index contributed by atoms with van der Waals surface area (Å²) in [4.78, 5) is 2.42. The van der Waals surface area contributed by atoms with Gasteiger partial charge in [0.15, 0.2) is 11.5 Å². The Morgan fingerprint density at radius 1 is 1.10 bits per heavy atom. The van der Waals surface area contributed by atoms with Crippen LogP contribution in [0.4, 0.5) is 0 Å². The summed E-state index contributed by atoms with van der Waals surface area (Å²) in [6.45, 7) is 5.10. The summed E-state index contributed by atoms with van der Waals surface area (Å²) in [5, 5.41) is 4.15. The van der Waals surface area contributed by atoms with Gasteiger partial charge in [-0.25, -0.2) is 0 Å². The van der Waals surface area contributed by atoms with Crippen LogP contribution in [-0.2, 0) is 6.54 Å². The van der Waals surface area contributed by atoms with Gasteiger partial charge < -0.3 is 14.8 Å². The van der Waals surface area contributed by atoms with Crippen LogP contribution in [0.15, 0.2) is 12.1 Å². The molecular formula is C16H21ClN2O2. The molecule has 1 aromatic carbocycles.